The van der Waals surface area contributed by atoms with Gasteiger partial charge in [-0.25, -0.2) is 0 Å². The normalized spacial score (nSPS) is 20.9. The van der Waals surface area contributed by atoms with E-state index in [-0.39, 0.29) is 12.1 Å². The van der Waals surface area contributed by atoms with Crippen molar-refractivity contribution in [2.45, 2.75) is 45.8 Å². The number of nitrogens with one attached hydrogen (secondary N) is 1. The van der Waals surface area contributed by atoms with Crippen molar-refractivity contribution >= 4 is 23.0 Å². The van der Waals surface area contributed by atoms with Gasteiger partial charge in [0.05, 0.1) is 31.0 Å². The average molecular weight is 490 g/mol. The molecule has 0 saturated carbocycles. The smallest absolute Gasteiger partial charge is 0.174 e. The molecule has 0 bridgehead atoms. The molecule has 0 spiro atoms. The number of hydrogen-bond acceptors (Lipinski definition) is 4. The van der Waals surface area contributed by atoms with Crippen LogP contribution in [-0.2, 0) is 11.3 Å². The Morgan fingerprint density at radius 2 is 1.86 bits per heavy atom. The van der Waals surface area contributed by atoms with Crippen molar-refractivity contribution in [3.8, 4) is 0 Å². The number of thiocarbonyl (C=S) groups is 1. The molecule has 2 aromatic heterocycles. The molecular weight excluding hydrogens is 454 g/mol. The molecule has 4 heterocycles. The second-order valence-corrected chi connectivity index (χ2v) is 10.0. The van der Waals surface area contributed by atoms with Crippen LogP contribution in [0.25, 0.3) is 0 Å². The molecule has 6 nitrogen and oxygen atoms in total. The predicted octanol–water partition coefficient (Wildman–Crippen LogP) is 4.71. The molecule has 2 unspecified atom stereocenters. The lowest BCUT2D eigenvalue weighted by Gasteiger charge is -2.28. The second kappa shape index (κ2) is 10.5. The van der Waals surface area contributed by atoms with Crippen LogP contribution in [0, 0.1) is 20.8 Å². The molecule has 2 aliphatic heterocycles. The summed E-state index contributed by atoms with van der Waals surface area (Å²) in [6, 6.07) is 17.1. The van der Waals surface area contributed by atoms with Gasteiger partial charge >= 0.3 is 0 Å². The van der Waals surface area contributed by atoms with Gasteiger partial charge < -0.3 is 19.5 Å². The molecular formula is C28H35N5OS. The molecule has 1 aromatic carbocycles. The first kappa shape index (κ1) is 24.0. The number of ether oxygens (including phenoxy) is 1. The average Bonchev–Trinajstić information content (AvgIpc) is 3.36. The zero-order valence-corrected chi connectivity index (χ0v) is 21.7. The van der Waals surface area contributed by atoms with Crippen LogP contribution in [0.3, 0.4) is 0 Å². The number of benzene rings is 1. The largest absolute Gasteiger partial charge is 0.379 e. The van der Waals surface area contributed by atoms with Gasteiger partial charge in [-0.15, -0.1) is 0 Å². The fourth-order valence-electron chi connectivity index (χ4n) is 5.48. The van der Waals surface area contributed by atoms with E-state index in [4.69, 9.17) is 21.9 Å². The van der Waals surface area contributed by atoms with Crippen molar-refractivity contribution in [1.82, 2.24) is 19.8 Å². The summed E-state index contributed by atoms with van der Waals surface area (Å²) in [6.07, 6.45) is 2.99. The van der Waals surface area contributed by atoms with Crippen molar-refractivity contribution in [3.05, 3.63) is 82.9 Å². The minimum Gasteiger partial charge on any atom is -0.379 e. The van der Waals surface area contributed by atoms with Crippen molar-refractivity contribution in [2.24, 2.45) is 0 Å². The number of hydrogen-bond donors (Lipinski definition) is 1. The van der Waals surface area contributed by atoms with Crippen LogP contribution in [0.15, 0.2) is 54.7 Å². The molecule has 35 heavy (non-hydrogen) atoms. The minimum atomic E-state index is -0.0217. The monoisotopic (exact) mass is 489 g/mol. The van der Waals surface area contributed by atoms with Gasteiger partial charge in [0.2, 0.25) is 0 Å². The first-order chi connectivity index (χ1) is 17.0. The highest BCUT2D eigenvalue weighted by Crippen LogP contribution is 2.43. The van der Waals surface area contributed by atoms with E-state index in [0.717, 1.165) is 62.3 Å². The van der Waals surface area contributed by atoms with Gasteiger partial charge in [-0.05, 0) is 80.9 Å². The van der Waals surface area contributed by atoms with Crippen LogP contribution in [-0.4, -0.2) is 52.4 Å². The fourth-order valence-corrected chi connectivity index (χ4v) is 5.82. The van der Waals surface area contributed by atoms with E-state index < -0.39 is 0 Å². The van der Waals surface area contributed by atoms with E-state index in [1.807, 2.05) is 18.3 Å². The highest BCUT2D eigenvalue weighted by Gasteiger charge is 2.42. The SMILES string of the molecule is Cc1cccc(N2C(=S)NC(c3ccccn3)C2c2cc(C)n(CCCN3CCOCC3)c2C)c1. The van der Waals surface area contributed by atoms with Gasteiger partial charge in [0, 0.05) is 49.5 Å². The Labute approximate surface area is 213 Å². The summed E-state index contributed by atoms with van der Waals surface area (Å²) in [5.74, 6) is 0. The van der Waals surface area contributed by atoms with E-state index in [9.17, 15) is 0 Å². The van der Waals surface area contributed by atoms with E-state index in [2.05, 4.69) is 76.9 Å². The minimum absolute atomic E-state index is 0.0217. The molecule has 2 aliphatic rings. The van der Waals surface area contributed by atoms with Crippen LogP contribution in [0.5, 0.6) is 0 Å². The van der Waals surface area contributed by atoms with Gasteiger partial charge in [-0.2, -0.15) is 0 Å². The summed E-state index contributed by atoms with van der Waals surface area (Å²) in [4.78, 5) is 9.49. The van der Waals surface area contributed by atoms with Gasteiger partial charge in [0.1, 0.15) is 0 Å². The number of morpholine rings is 1. The first-order valence-electron chi connectivity index (χ1n) is 12.6. The van der Waals surface area contributed by atoms with Crippen LogP contribution in [0.1, 0.15) is 46.7 Å². The van der Waals surface area contributed by atoms with E-state index >= 15 is 0 Å². The number of rotatable bonds is 7. The van der Waals surface area contributed by atoms with Crippen LogP contribution >= 0.6 is 12.2 Å². The van der Waals surface area contributed by atoms with Crippen LogP contribution in [0.2, 0.25) is 0 Å². The maximum atomic E-state index is 5.91. The zero-order valence-electron chi connectivity index (χ0n) is 20.9. The summed E-state index contributed by atoms with van der Waals surface area (Å²) >= 11 is 5.91. The molecule has 0 aliphatic carbocycles. The van der Waals surface area contributed by atoms with Crippen molar-refractivity contribution in [1.29, 1.82) is 0 Å². The number of pyridine rings is 1. The number of nitrogens with zero attached hydrogens (tertiary/aromatic N) is 4. The zero-order chi connectivity index (χ0) is 24.4. The standard InChI is InChI=1S/C28H35N5OS/c1-20-8-6-9-23(18-20)33-27(26(30-28(33)35)25-10-4-5-11-29-25)24-19-21(2)32(22(24)3)13-7-12-31-14-16-34-17-15-31/h4-6,8-11,18-19,26-27H,7,12-17H2,1-3H3,(H,30,35). The molecule has 5 rings (SSSR count). The Balaban J connectivity index is 1.47. The van der Waals surface area contributed by atoms with Crippen LogP contribution in [0.4, 0.5) is 5.69 Å². The third-order valence-electron chi connectivity index (χ3n) is 7.27. The van der Waals surface area contributed by atoms with E-state index in [1.54, 1.807) is 0 Å². The summed E-state index contributed by atoms with van der Waals surface area (Å²) < 4.78 is 7.97. The number of aryl methyl sites for hydroxylation is 2. The van der Waals surface area contributed by atoms with E-state index in [1.165, 1.54) is 22.5 Å². The maximum absolute atomic E-state index is 5.91. The highest BCUT2D eigenvalue weighted by molar-refractivity contribution is 7.80. The Hall–Kier alpha value is -2.74. The lowest BCUT2D eigenvalue weighted by Crippen LogP contribution is -2.37. The highest BCUT2D eigenvalue weighted by atomic mass is 32.1. The molecule has 0 radical (unpaired) electrons. The maximum Gasteiger partial charge on any atom is 0.174 e. The molecule has 0 amide bonds. The van der Waals surface area contributed by atoms with Gasteiger partial charge in [-0.3, -0.25) is 9.88 Å². The first-order valence-corrected chi connectivity index (χ1v) is 13.0. The quantitative estimate of drug-likeness (QED) is 0.485. The van der Waals surface area contributed by atoms with Crippen molar-refractivity contribution < 1.29 is 4.74 Å². The van der Waals surface area contributed by atoms with E-state index in [0.29, 0.717) is 0 Å². The van der Waals surface area contributed by atoms with Crippen LogP contribution < -0.4 is 10.2 Å². The Morgan fingerprint density at radius 1 is 1.03 bits per heavy atom. The van der Waals surface area contributed by atoms with Gasteiger partial charge in [0.15, 0.2) is 5.11 Å². The summed E-state index contributed by atoms with van der Waals surface area (Å²) in [7, 11) is 0. The Kier molecular flexibility index (Phi) is 7.18. The lowest BCUT2D eigenvalue weighted by molar-refractivity contribution is 0.0369. The number of anilines is 1. The Bertz CT molecular complexity index is 1170. The molecule has 3 aromatic rings. The molecule has 1 N–H and O–H groups in total. The summed E-state index contributed by atoms with van der Waals surface area (Å²) in [5.41, 5.74) is 7.24. The topological polar surface area (TPSA) is 45.6 Å². The third-order valence-corrected chi connectivity index (χ3v) is 7.58. The molecule has 2 saturated heterocycles. The lowest BCUT2D eigenvalue weighted by atomic mass is 9.96. The molecule has 2 atom stereocenters. The summed E-state index contributed by atoms with van der Waals surface area (Å²) in [5, 5.41) is 4.34. The fraction of sp³-hybridized carbons (Fsp3) is 0.429. The molecule has 184 valence electrons. The molecule has 7 heteroatoms. The number of aromatic nitrogens is 2. The third kappa shape index (κ3) is 4.99. The molecule has 2 fully saturated rings. The second-order valence-electron chi connectivity index (χ2n) is 9.62. The Morgan fingerprint density at radius 3 is 2.60 bits per heavy atom. The summed E-state index contributed by atoms with van der Waals surface area (Å²) in [6.45, 7) is 12.5. The van der Waals surface area contributed by atoms with Gasteiger partial charge in [0.25, 0.3) is 0 Å². The van der Waals surface area contributed by atoms with Gasteiger partial charge in [-0.1, -0.05) is 18.2 Å². The predicted molar refractivity (Wildman–Crippen MR) is 145 cm³/mol. The van der Waals surface area contributed by atoms with Crippen molar-refractivity contribution in [3.63, 3.8) is 0 Å². The van der Waals surface area contributed by atoms with Crippen molar-refractivity contribution in [2.75, 3.05) is 37.7 Å².